The van der Waals surface area contributed by atoms with Gasteiger partial charge in [-0.05, 0) is 24.4 Å². The molecule has 1 amide bonds. The number of nitrogens with zero attached hydrogens (tertiary/aromatic N) is 6. The zero-order valence-electron chi connectivity index (χ0n) is 19.3. The summed E-state index contributed by atoms with van der Waals surface area (Å²) < 4.78 is 7.93. The molecule has 0 radical (unpaired) electrons. The van der Waals surface area contributed by atoms with E-state index in [1.54, 1.807) is 11.2 Å². The number of anilines is 1. The number of rotatable bonds is 8. The molecule has 1 saturated heterocycles. The molecule has 1 aliphatic heterocycles. The van der Waals surface area contributed by atoms with Gasteiger partial charge in [0.15, 0.2) is 0 Å². The predicted molar refractivity (Wildman–Crippen MR) is 124 cm³/mol. The van der Waals surface area contributed by atoms with E-state index in [9.17, 15) is 4.79 Å². The van der Waals surface area contributed by atoms with Gasteiger partial charge in [-0.1, -0.05) is 26.6 Å². The Morgan fingerprint density at radius 1 is 1.39 bits per heavy atom. The van der Waals surface area contributed by atoms with Crippen molar-refractivity contribution in [3.8, 4) is 6.07 Å². The molecule has 2 aromatic rings. The minimum atomic E-state index is -1.11. The van der Waals surface area contributed by atoms with E-state index in [1.807, 2.05) is 29.9 Å². The SMILES string of the molecule is C[C@@H]1CCN(C(=O)CC#N)C[C@@H]1N(C)c1ncnc2c1ccn2COCC[Si](C)(C)C. The molecule has 3 rings (SSSR count). The summed E-state index contributed by atoms with van der Waals surface area (Å²) in [5.41, 5.74) is 0.853. The molecule has 0 bridgehead atoms. The first-order valence-electron chi connectivity index (χ1n) is 11.0. The van der Waals surface area contributed by atoms with Crippen molar-refractivity contribution in [3.05, 3.63) is 18.6 Å². The average Bonchev–Trinajstić information content (AvgIpc) is 3.13. The number of hydrogen-bond donors (Lipinski definition) is 0. The molecule has 2 atom stereocenters. The van der Waals surface area contributed by atoms with E-state index in [1.165, 1.54) is 0 Å². The molecule has 0 aromatic carbocycles. The van der Waals surface area contributed by atoms with Gasteiger partial charge < -0.3 is 19.1 Å². The Hall–Kier alpha value is -2.44. The van der Waals surface area contributed by atoms with Gasteiger partial charge in [0.25, 0.3) is 0 Å². The number of piperidine rings is 1. The molecule has 0 N–H and O–H groups in total. The summed E-state index contributed by atoms with van der Waals surface area (Å²) in [7, 11) is 0.917. The number of hydrogen-bond acceptors (Lipinski definition) is 6. The fourth-order valence-corrected chi connectivity index (χ4v) is 4.79. The number of aromatic nitrogens is 3. The largest absolute Gasteiger partial charge is 0.361 e. The van der Waals surface area contributed by atoms with E-state index in [2.05, 4.69) is 41.4 Å². The molecule has 1 aliphatic rings. The van der Waals surface area contributed by atoms with Crippen molar-refractivity contribution in [2.24, 2.45) is 5.92 Å². The van der Waals surface area contributed by atoms with Crippen molar-refractivity contribution in [1.82, 2.24) is 19.4 Å². The van der Waals surface area contributed by atoms with E-state index in [-0.39, 0.29) is 18.4 Å². The molecule has 2 aromatic heterocycles. The Morgan fingerprint density at radius 3 is 2.87 bits per heavy atom. The highest BCUT2D eigenvalue weighted by atomic mass is 28.3. The van der Waals surface area contributed by atoms with Crippen LogP contribution in [0.25, 0.3) is 11.0 Å². The normalized spacial score (nSPS) is 19.4. The molecule has 3 heterocycles. The number of nitriles is 1. The second kappa shape index (κ2) is 9.79. The van der Waals surface area contributed by atoms with Gasteiger partial charge in [0.05, 0.1) is 17.5 Å². The summed E-state index contributed by atoms with van der Waals surface area (Å²) in [6, 6.07) is 5.27. The van der Waals surface area contributed by atoms with Crippen LogP contribution in [0.1, 0.15) is 19.8 Å². The summed E-state index contributed by atoms with van der Waals surface area (Å²) in [6.45, 7) is 11.8. The third-order valence-corrected chi connectivity index (χ3v) is 7.80. The van der Waals surface area contributed by atoms with Crippen LogP contribution in [-0.2, 0) is 16.3 Å². The molecule has 31 heavy (non-hydrogen) atoms. The quantitative estimate of drug-likeness (QED) is 0.460. The van der Waals surface area contributed by atoms with E-state index < -0.39 is 8.07 Å². The molecule has 0 aliphatic carbocycles. The molecule has 0 spiro atoms. The van der Waals surface area contributed by atoms with Crippen LogP contribution in [0.3, 0.4) is 0 Å². The van der Waals surface area contributed by atoms with Crippen LogP contribution >= 0.6 is 0 Å². The number of amides is 1. The van der Waals surface area contributed by atoms with Crippen LogP contribution in [0.5, 0.6) is 0 Å². The number of carbonyl (C=O) groups excluding carboxylic acids is 1. The lowest BCUT2D eigenvalue weighted by Gasteiger charge is -2.42. The Balaban J connectivity index is 1.75. The highest BCUT2D eigenvalue weighted by molar-refractivity contribution is 6.76. The third kappa shape index (κ3) is 5.63. The van der Waals surface area contributed by atoms with Gasteiger partial charge in [-0.3, -0.25) is 4.79 Å². The standard InChI is InChI=1S/C22H34N6O2Si/c1-17-7-10-27(20(29)6-9-23)14-19(17)26(2)21-18-8-11-28(22(18)25-15-24-21)16-30-12-13-31(3,4)5/h8,11,15,17,19H,6-7,10,12-14,16H2,1-5H3/t17-,19+/m1/s1. The molecule has 9 heteroatoms. The average molecular weight is 443 g/mol. The maximum Gasteiger partial charge on any atom is 0.236 e. The summed E-state index contributed by atoms with van der Waals surface area (Å²) in [5, 5.41) is 9.85. The zero-order chi connectivity index (χ0) is 22.6. The fraction of sp³-hybridized carbons (Fsp3) is 0.636. The molecular formula is C22H34N6O2Si. The van der Waals surface area contributed by atoms with Crippen LogP contribution in [0, 0.1) is 17.2 Å². The molecule has 0 saturated carbocycles. The van der Waals surface area contributed by atoms with Gasteiger partial charge in [0, 0.05) is 41.0 Å². The van der Waals surface area contributed by atoms with Crippen molar-refractivity contribution in [3.63, 3.8) is 0 Å². The summed E-state index contributed by atoms with van der Waals surface area (Å²) >= 11 is 0. The number of ether oxygens (including phenoxy) is 1. The first-order valence-corrected chi connectivity index (χ1v) is 14.7. The first kappa shape index (κ1) is 23.2. The second-order valence-corrected chi connectivity index (χ2v) is 15.3. The molecule has 8 nitrogen and oxygen atoms in total. The topological polar surface area (TPSA) is 87.3 Å². The van der Waals surface area contributed by atoms with Crippen LogP contribution in [0.4, 0.5) is 5.82 Å². The van der Waals surface area contributed by atoms with E-state index in [0.717, 1.165) is 35.9 Å². The lowest BCUT2D eigenvalue weighted by atomic mass is 9.92. The van der Waals surface area contributed by atoms with Gasteiger partial charge in [0.2, 0.25) is 5.91 Å². The number of likely N-dealkylation sites (N-methyl/N-ethyl adjacent to an activating group) is 1. The fourth-order valence-electron chi connectivity index (χ4n) is 4.03. The summed E-state index contributed by atoms with van der Waals surface area (Å²) in [6.07, 6.45) is 4.44. The zero-order valence-corrected chi connectivity index (χ0v) is 20.3. The van der Waals surface area contributed by atoms with E-state index >= 15 is 0 Å². The van der Waals surface area contributed by atoms with Crippen LogP contribution in [0.15, 0.2) is 18.6 Å². The third-order valence-electron chi connectivity index (χ3n) is 6.10. The molecule has 0 unspecified atom stereocenters. The predicted octanol–water partition coefficient (Wildman–Crippen LogP) is 3.33. The molecule has 1 fully saturated rings. The maximum atomic E-state index is 12.3. The van der Waals surface area contributed by atoms with Crippen molar-refractivity contribution >= 4 is 30.8 Å². The van der Waals surface area contributed by atoms with Crippen molar-refractivity contribution in [2.45, 2.75) is 58.2 Å². The van der Waals surface area contributed by atoms with Crippen molar-refractivity contribution in [2.75, 3.05) is 31.6 Å². The first-order chi connectivity index (χ1) is 14.7. The summed E-state index contributed by atoms with van der Waals surface area (Å²) in [4.78, 5) is 25.3. The van der Waals surface area contributed by atoms with Gasteiger partial charge in [-0.2, -0.15) is 5.26 Å². The number of carbonyl (C=O) groups is 1. The minimum Gasteiger partial charge on any atom is -0.361 e. The monoisotopic (exact) mass is 442 g/mol. The number of fused-ring (bicyclic) bond motifs is 1. The van der Waals surface area contributed by atoms with E-state index in [0.29, 0.717) is 25.7 Å². The lowest BCUT2D eigenvalue weighted by Crippen LogP contribution is -2.52. The highest BCUT2D eigenvalue weighted by Crippen LogP contribution is 2.29. The Morgan fingerprint density at radius 2 is 2.16 bits per heavy atom. The summed E-state index contributed by atoms with van der Waals surface area (Å²) in [5.74, 6) is 1.17. The second-order valence-electron chi connectivity index (χ2n) is 9.69. The minimum absolute atomic E-state index is 0.0663. The Bertz CT molecular complexity index is 948. The number of likely N-dealkylation sites (tertiary alicyclic amines) is 1. The van der Waals surface area contributed by atoms with E-state index in [4.69, 9.17) is 10.00 Å². The van der Waals surface area contributed by atoms with Gasteiger partial charge in [-0.15, -0.1) is 0 Å². The van der Waals surface area contributed by atoms with Crippen LogP contribution in [0.2, 0.25) is 25.7 Å². The highest BCUT2D eigenvalue weighted by Gasteiger charge is 2.32. The molecular weight excluding hydrogens is 408 g/mol. The maximum absolute atomic E-state index is 12.3. The van der Waals surface area contributed by atoms with Gasteiger partial charge >= 0.3 is 0 Å². The van der Waals surface area contributed by atoms with Crippen molar-refractivity contribution in [1.29, 1.82) is 5.26 Å². The lowest BCUT2D eigenvalue weighted by molar-refractivity contribution is -0.131. The Kier molecular flexibility index (Phi) is 7.33. The van der Waals surface area contributed by atoms with Crippen LogP contribution < -0.4 is 4.90 Å². The van der Waals surface area contributed by atoms with Crippen molar-refractivity contribution < 1.29 is 9.53 Å². The van der Waals surface area contributed by atoms with Gasteiger partial charge in [-0.25, -0.2) is 9.97 Å². The van der Waals surface area contributed by atoms with Gasteiger partial charge in [0.1, 0.15) is 30.9 Å². The van der Waals surface area contributed by atoms with Crippen LogP contribution in [-0.4, -0.2) is 66.2 Å². The Labute approximate surface area is 185 Å². The molecule has 168 valence electrons. The smallest absolute Gasteiger partial charge is 0.236 e.